The molecule has 76 valence electrons. The lowest BCUT2D eigenvalue weighted by atomic mass is 10.0. The maximum Gasteiger partial charge on any atom is 0.129 e. The Balaban J connectivity index is 2.25. The lowest BCUT2D eigenvalue weighted by Crippen LogP contribution is -2.38. The van der Waals surface area contributed by atoms with Crippen LogP contribution in [0.15, 0.2) is 0 Å². The summed E-state index contributed by atoms with van der Waals surface area (Å²) in [5.41, 5.74) is 0.372. The summed E-state index contributed by atoms with van der Waals surface area (Å²) < 4.78 is 0. The predicted molar refractivity (Wildman–Crippen MR) is 54.8 cm³/mol. The number of likely N-dealkylation sites (tertiary alicyclic amines) is 1. The molecule has 0 N–H and O–H groups in total. The minimum Gasteiger partial charge on any atom is -0.300 e. The minimum absolute atomic E-state index is 0.317. The van der Waals surface area contributed by atoms with Gasteiger partial charge in [0, 0.05) is 12.0 Å². The summed E-state index contributed by atoms with van der Waals surface area (Å²) in [7, 11) is 0. The monoisotopic (exact) mass is 183 g/mol. The number of hydrogen-bond acceptors (Lipinski definition) is 2. The van der Waals surface area contributed by atoms with E-state index in [-0.39, 0.29) is 0 Å². The molecule has 0 atom stereocenters. The second kappa shape index (κ2) is 4.23. The highest BCUT2D eigenvalue weighted by molar-refractivity contribution is 5.75. The number of carbonyl (C=O) groups excluding carboxylic acids is 1. The highest BCUT2D eigenvalue weighted by Gasteiger charge is 2.30. The number of rotatable bonds is 4. The van der Waals surface area contributed by atoms with Gasteiger partial charge in [-0.1, -0.05) is 0 Å². The number of ketones is 1. The number of nitrogens with zero attached hydrogens (tertiary/aromatic N) is 1. The Morgan fingerprint density at radius 2 is 2.15 bits per heavy atom. The van der Waals surface area contributed by atoms with E-state index in [1.807, 2.05) is 0 Å². The molecule has 2 heteroatoms. The van der Waals surface area contributed by atoms with Crippen LogP contribution in [0.3, 0.4) is 0 Å². The molecular formula is C11H21NO. The Bertz CT molecular complexity index is 187. The molecule has 0 saturated carbocycles. The molecule has 1 fully saturated rings. The summed E-state index contributed by atoms with van der Waals surface area (Å²) in [6.07, 6.45) is 4.38. The molecule has 0 aliphatic carbocycles. The molecule has 0 aromatic heterocycles. The molecule has 1 rings (SSSR count). The van der Waals surface area contributed by atoms with Crippen LogP contribution in [-0.4, -0.2) is 29.3 Å². The largest absolute Gasteiger partial charge is 0.300 e. The van der Waals surface area contributed by atoms with Gasteiger partial charge in [0.05, 0.1) is 0 Å². The van der Waals surface area contributed by atoms with Gasteiger partial charge in [0.2, 0.25) is 0 Å². The van der Waals surface area contributed by atoms with Crippen molar-refractivity contribution in [2.45, 2.75) is 52.0 Å². The molecule has 13 heavy (non-hydrogen) atoms. The van der Waals surface area contributed by atoms with Crippen LogP contribution in [-0.2, 0) is 4.79 Å². The van der Waals surface area contributed by atoms with Gasteiger partial charge in [0.15, 0.2) is 0 Å². The Hall–Kier alpha value is -0.370. The summed E-state index contributed by atoms with van der Waals surface area (Å²) in [5, 5.41) is 0. The fraction of sp³-hybridized carbons (Fsp3) is 0.909. The van der Waals surface area contributed by atoms with E-state index >= 15 is 0 Å². The van der Waals surface area contributed by atoms with Gasteiger partial charge < -0.3 is 4.79 Å². The first kappa shape index (κ1) is 10.7. The zero-order valence-corrected chi connectivity index (χ0v) is 9.10. The van der Waals surface area contributed by atoms with Crippen molar-refractivity contribution in [2.75, 3.05) is 13.1 Å². The molecule has 0 spiro atoms. The maximum absolute atomic E-state index is 10.8. The zero-order valence-electron chi connectivity index (χ0n) is 9.10. The summed E-state index contributed by atoms with van der Waals surface area (Å²) in [6, 6.07) is 0. The summed E-state index contributed by atoms with van der Waals surface area (Å²) in [5.74, 6) is 0.317. The minimum atomic E-state index is 0.317. The molecule has 0 radical (unpaired) electrons. The second-order valence-corrected chi connectivity index (χ2v) is 4.71. The van der Waals surface area contributed by atoms with Crippen LogP contribution in [0, 0.1) is 0 Å². The molecule has 0 unspecified atom stereocenters. The van der Waals surface area contributed by atoms with Crippen molar-refractivity contribution in [1.82, 2.24) is 4.90 Å². The van der Waals surface area contributed by atoms with Crippen LogP contribution in [0.4, 0.5) is 0 Å². The maximum atomic E-state index is 10.8. The normalized spacial score (nSPS) is 22.1. The summed E-state index contributed by atoms with van der Waals surface area (Å²) >= 11 is 0. The second-order valence-electron chi connectivity index (χ2n) is 4.71. The number of hydrogen-bond donors (Lipinski definition) is 0. The first-order valence-corrected chi connectivity index (χ1v) is 5.27. The lowest BCUT2D eigenvalue weighted by Gasteiger charge is -2.31. The van der Waals surface area contributed by atoms with Crippen LogP contribution in [0.1, 0.15) is 46.5 Å². The smallest absolute Gasteiger partial charge is 0.129 e. The lowest BCUT2D eigenvalue weighted by molar-refractivity contribution is -0.117. The van der Waals surface area contributed by atoms with Gasteiger partial charge in [0.25, 0.3) is 0 Å². The van der Waals surface area contributed by atoms with Gasteiger partial charge in [-0.2, -0.15) is 0 Å². The average molecular weight is 183 g/mol. The first-order chi connectivity index (χ1) is 6.02. The van der Waals surface area contributed by atoms with E-state index in [0.717, 1.165) is 19.4 Å². The third-order valence-corrected chi connectivity index (χ3v) is 3.03. The van der Waals surface area contributed by atoms with Crippen molar-refractivity contribution in [3.8, 4) is 0 Å². The van der Waals surface area contributed by atoms with Crippen LogP contribution < -0.4 is 0 Å². The van der Waals surface area contributed by atoms with E-state index in [1.54, 1.807) is 6.92 Å². The van der Waals surface area contributed by atoms with Crippen LogP contribution in [0.2, 0.25) is 0 Å². The summed E-state index contributed by atoms with van der Waals surface area (Å²) in [6.45, 7) is 8.58. The van der Waals surface area contributed by atoms with Crippen molar-refractivity contribution in [3.05, 3.63) is 0 Å². The quantitative estimate of drug-likeness (QED) is 0.666. The fourth-order valence-corrected chi connectivity index (χ4v) is 2.10. The Morgan fingerprint density at radius 3 is 2.62 bits per heavy atom. The molecule has 2 nitrogen and oxygen atoms in total. The molecule has 1 aliphatic heterocycles. The molecule has 0 bridgehead atoms. The number of carbonyl (C=O) groups is 1. The first-order valence-electron chi connectivity index (χ1n) is 5.27. The van der Waals surface area contributed by atoms with Crippen molar-refractivity contribution < 1.29 is 4.79 Å². The van der Waals surface area contributed by atoms with Gasteiger partial charge in [0.1, 0.15) is 5.78 Å². The molecule has 1 saturated heterocycles. The Morgan fingerprint density at radius 1 is 1.46 bits per heavy atom. The fourth-order valence-electron chi connectivity index (χ4n) is 2.10. The summed E-state index contributed by atoms with van der Waals surface area (Å²) in [4.78, 5) is 13.3. The van der Waals surface area contributed by atoms with E-state index in [2.05, 4.69) is 18.7 Å². The Labute approximate surface area is 81.3 Å². The van der Waals surface area contributed by atoms with Crippen molar-refractivity contribution >= 4 is 5.78 Å². The zero-order chi connectivity index (χ0) is 9.90. The van der Waals surface area contributed by atoms with Gasteiger partial charge >= 0.3 is 0 Å². The third kappa shape index (κ3) is 3.11. The van der Waals surface area contributed by atoms with E-state index < -0.39 is 0 Å². The van der Waals surface area contributed by atoms with Gasteiger partial charge in [-0.25, -0.2) is 0 Å². The van der Waals surface area contributed by atoms with E-state index in [4.69, 9.17) is 0 Å². The highest BCUT2D eigenvalue weighted by Crippen LogP contribution is 2.28. The van der Waals surface area contributed by atoms with Crippen molar-refractivity contribution in [2.24, 2.45) is 0 Å². The Kier molecular flexibility index (Phi) is 3.48. The highest BCUT2D eigenvalue weighted by atomic mass is 16.1. The number of Topliss-reactive ketones (excluding diaryl/α,β-unsaturated/α-hetero) is 1. The van der Waals surface area contributed by atoms with Gasteiger partial charge in [-0.3, -0.25) is 4.90 Å². The third-order valence-electron chi connectivity index (χ3n) is 3.03. The molecule has 1 heterocycles. The molecule has 0 aromatic rings. The molecule has 0 amide bonds. The SMILES string of the molecule is CC(=O)CCCN1CCCC1(C)C. The van der Waals surface area contributed by atoms with Crippen LogP contribution >= 0.6 is 0 Å². The van der Waals surface area contributed by atoms with Gasteiger partial charge in [-0.15, -0.1) is 0 Å². The topological polar surface area (TPSA) is 20.3 Å². The van der Waals surface area contributed by atoms with Crippen molar-refractivity contribution in [1.29, 1.82) is 0 Å². The van der Waals surface area contributed by atoms with Crippen LogP contribution in [0.25, 0.3) is 0 Å². The molecular weight excluding hydrogens is 162 g/mol. The van der Waals surface area contributed by atoms with E-state index in [1.165, 1.54) is 19.4 Å². The molecule has 0 aromatic carbocycles. The predicted octanol–water partition coefficient (Wildman–Crippen LogP) is 2.23. The van der Waals surface area contributed by atoms with E-state index in [9.17, 15) is 4.79 Å². The van der Waals surface area contributed by atoms with Crippen LogP contribution in [0.5, 0.6) is 0 Å². The average Bonchev–Trinajstić information content (AvgIpc) is 2.30. The van der Waals surface area contributed by atoms with E-state index in [0.29, 0.717) is 11.3 Å². The van der Waals surface area contributed by atoms with Gasteiger partial charge in [-0.05, 0) is 53.1 Å². The van der Waals surface area contributed by atoms with Crippen molar-refractivity contribution in [3.63, 3.8) is 0 Å². The standard InChI is InChI=1S/C11H21NO/c1-10(13)6-4-8-12-9-5-7-11(12,2)3/h4-9H2,1-3H3. The molecule has 1 aliphatic rings.